The van der Waals surface area contributed by atoms with Gasteiger partial charge in [-0.2, -0.15) is 0 Å². The van der Waals surface area contributed by atoms with Crippen LogP contribution in [0.15, 0.2) is 77.7 Å². The molecule has 0 spiro atoms. The highest BCUT2D eigenvalue weighted by atomic mass is 32.2. The van der Waals surface area contributed by atoms with Crippen molar-refractivity contribution in [1.29, 1.82) is 0 Å². The van der Waals surface area contributed by atoms with Crippen LogP contribution in [0.2, 0.25) is 0 Å². The third-order valence-electron chi connectivity index (χ3n) is 8.23. The van der Waals surface area contributed by atoms with Gasteiger partial charge in [-0.15, -0.1) is 11.8 Å². The SMILES string of the molecule is CC(C)Sc1cc2c(c(C(=O)NC3(C(c4ccccc4)c4ccccc4)CC4CCN3CC4)c1)OCC2. The zero-order valence-electron chi connectivity index (χ0n) is 21.8. The first-order valence-corrected chi connectivity index (χ1v) is 14.6. The fraction of sp³-hybridized carbons (Fsp3) is 0.406. The van der Waals surface area contributed by atoms with Crippen LogP contribution in [0.5, 0.6) is 5.75 Å². The highest BCUT2D eigenvalue weighted by Crippen LogP contribution is 2.48. The molecule has 3 fully saturated rings. The number of benzene rings is 3. The Morgan fingerprint density at radius 3 is 2.22 bits per heavy atom. The van der Waals surface area contributed by atoms with Gasteiger partial charge in [0.1, 0.15) is 11.4 Å². The molecule has 1 amide bonds. The van der Waals surface area contributed by atoms with Crippen molar-refractivity contribution in [3.63, 3.8) is 0 Å². The molecule has 37 heavy (non-hydrogen) atoms. The number of hydrogen-bond donors (Lipinski definition) is 1. The fourth-order valence-corrected chi connectivity index (χ4v) is 7.64. The lowest BCUT2D eigenvalue weighted by atomic mass is 9.69. The number of carbonyl (C=O) groups excluding carboxylic acids is 1. The van der Waals surface area contributed by atoms with Crippen molar-refractivity contribution in [3.8, 4) is 5.75 Å². The molecule has 4 nitrogen and oxygen atoms in total. The van der Waals surface area contributed by atoms with E-state index in [0.717, 1.165) is 42.1 Å². The van der Waals surface area contributed by atoms with Gasteiger partial charge in [0.25, 0.3) is 5.91 Å². The van der Waals surface area contributed by atoms with Crippen molar-refractivity contribution in [3.05, 3.63) is 95.1 Å². The number of amides is 1. The van der Waals surface area contributed by atoms with Crippen LogP contribution < -0.4 is 10.1 Å². The van der Waals surface area contributed by atoms with Gasteiger partial charge in [-0.3, -0.25) is 9.69 Å². The summed E-state index contributed by atoms with van der Waals surface area (Å²) in [6, 6.07) is 25.7. The summed E-state index contributed by atoms with van der Waals surface area (Å²) in [5.74, 6) is 1.40. The third kappa shape index (κ3) is 4.68. The topological polar surface area (TPSA) is 41.6 Å². The standard InChI is InChI=1S/C32H36N2O2S/c1-22(2)37-27-19-26-15-18-36-30(26)28(20-27)31(35)33-32(21-23-13-16-34(32)17-14-23)29(24-9-5-3-6-10-24)25-11-7-4-8-12-25/h3-12,19-20,22-23,29H,13-18,21H2,1-2H3,(H,33,35). The summed E-state index contributed by atoms with van der Waals surface area (Å²) in [6.45, 7) is 7.05. The molecule has 7 rings (SSSR count). The van der Waals surface area contributed by atoms with Crippen molar-refractivity contribution in [1.82, 2.24) is 10.2 Å². The Morgan fingerprint density at radius 2 is 1.65 bits per heavy atom. The Balaban J connectivity index is 1.46. The maximum absolute atomic E-state index is 14.3. The van der Waals surface area contributed by atoms with Crippen molar-refractivity contribution in [2.24, 2.45) is 5.92 Å². The zero-order chi connectivity index (χ0) is 25.4. The number of fused-ring (bicyclic) bond motifs is 4. The number of ether oxygens (including phenoxy) is 1. The van der Waals surface area contributed by atoms with Gasteiger partial charge in [-0.05, 0) is 54.0 Å². The molecule has 4 heterocycles. The van der Waals surface area contributed by atoms with E-state index in [1.165, 1.54) is 24.0 Å². The molecule has 1 N–H and O–H groups in total. The minimum atomic E-state index is -0.492. The number of carbonyl (C=O) groups is 1. The Labute approximate surface area is 224 Å². The fourth-order valence-electron chi connectivity index (χ4n) is 6.69. The van der Waals surface area contributed by atoms with E-state index in [-0.39, 0.29) is 11.8 Å². The molecule has 2 bridgehead atoms. The molecule has 4 aliphatic rings. The van der Waals surface area contributed by atoms with Crippen LogP contribution in [0.1, 0.15) is 66.1 Å². The first-order valence-electron chi connectivity index (χ1n) is 13.7. The molecular weight excluding hydrogens is 476 g/mol. The smallest absolute Gasteiger partial charge is 0.256 e. The first-order chi connectivity index (χ1) is 18.0. The molecule has 0 aromatic heterocycles. The normalized spacial score (nSPS) is 24.2. The largest absolute Gasteiger partial charge is 0.492 e. The Morgan fingerprint density at radius 1 is 1.00 bits per heavy atom. The number of nitrogens with zero attached hydrogens (tertiary/aromatic N) is 1. The van der Waals surface area contributed by atoms with Gasteiger partial charge < -0.3 is 10.1 Å². The second kappa shape index (κ2) is 10.2. The lowest BCUT2D eigenvalue weighted by molar-refractivity contribution is -0.0562. The van der Waals surface area contributed by atoms with Crippen LogP contribution in [0, 0.1) is 5.92 Å². The minimum Gasteiger partial charge on any atom is -0.492 e. The molecule has 3 aromatic carbocycles. The van der Waals surface area contributed by atoms with E-state index in [4.69, 9.17) is 4.74 Å². The van der Waals surface area contributed by atoms with E-state index in [0.29, 0.717) is 23.3 Å². The van der Waals surface area contributed by atoms with E-state index < -0.39 is 5.66 Å². The van der Waals surface area contributed by atoms with Crippen LogP contribution in [-0.2, 0) is 6.42 Å². The van der Waals surface area contributed by atoms with E-state index in [9.17, 15) is 4.79 Å². The lowest BCUT2D eigenvalue weighted by Gasteiger charge is -2.58. The van der Waals surface area contributed by atoms with Gasteiger partial charge in [0.05, 0.1) is 12.2 Å². The van der Waals surface area contributed by atoms with Crippen LogP contribution in [-0.4, -0.2) is 41.4 Å². The van der Waals surface area contributed by atoms with Gasteiger partial charge in [-0.25, -0.2) is 0 Å². The Kier molecular flexibility index (Phi) is 6.76. The maximum atomic E-state index is 14.3. The summed E-state index contributed by atoms with van der Waals surface area (Å²) in [5, 5.41) is 4.13. The summed E-state index contributed by atoms with van der Waals surface area (Å²) in [7, 11) is 0. The quantitative estimate of drug-likeness (QED) is 0.367. The lowest BCUT2D eigenvalue weighted by Crippen LogP contribution is -2.69. The highest BCUT2D eigenvalue weighted by molar-refractivity contribution is 7.99. The van der Waals surface area contributed by atoms with Gasteiger partial charge in [0.2, 0.25) is 0 Å². The summed E-state index contributed by atoms with van der Waals surface area (Å²) >= 11 is 1.81. The number of piperidine rings is 3. The Hall–Kier alpha value is -2.76. The van der Waals surface area contributed by atoms with E-state index in [1.54, 1.807) is 0 Å². The molecule has 192 valence electrons. The molecule has 0 saturated carbocycles. The average Bonchev–Trinajstić information content (AvgIpc) is 3.38. The molecule has 3 saturated heterocycles. The van der Waals surface area contributed by atoms with Crippen LogP contribution >= 0.6 is 11.8 Å². The van der Waals surface area contributed by atoms with Crippen molar-refractivity contribution >= 4 is 17.7 Å². The minimum absolute atomic E-state index is 0.0197. The summed E-state index contributed by atoms with van der Waals surface area (Å²) in [5.41, 5.74) is 3.82. The van der Waals surface area contributed by atoms with Gasteiger partial charge in [0, 0.05) is 35.6 Å². The molecule has 0 aliphatic carbocycles. The maximum Gasteiger partial charge on any atom is 0.256 e. The number of hydrogen-bond acceptors (Lipinski definition) is 4. The highest BCUT2D eigenvalue weighted by Gasteiger charge is 2.52. The molecule has 4 aliphatic heterocycles. The first kappa shape index (κ1) is 24.6. The number of thioether (sulfide) groups is 1. The molecule has 1 atom stereocenters. The monoisotopic (exact) mass is 512 g/mol. The number of rotatable bonds is 7. The van der Waals surface area contributed by atoms with Crippen molar-refractivity contribution in [2.75, 3.05) is 19.7 Å². The van der Waals surface area contributed by atoms with Gasteiger partial charge >= 0.3 is 0 Å². The predicted octanol–water partition coefficient (Wildman–Crippen LogP) is 6.50. The summed E-state index contributed by atoms with van der Waals surface area (Å²) < 4.78 is 6.04. The van der Waals surface area contributed by atoms with Crippen molar-refractivity contribution in [2.45, 2.75) is 61.3 Å². The van der Waals surface area contributed by atoms with Crippen LogP contribution in [0.4, 0.5) is 0 Å². The van der Waals surface area contributed by atoms with E-state index in [2.05, 4.69) is 90.8 Å². The number of nitrogens with one attached hydrogen (secondary N) is 1. The molecule has 1 unspecified atom stereocenters. The van der Waals surface area contributed by atoms with Gasteiger partial charge in [-0.1, -0.05) is 74.5 Å². The summed E-state index contributed by atoms with van der Waals surface area (Å²) in [4.78, 5) is 18.0. The summed E-state index contributed by atoms with van der Waals surface area (Å²) in [6.07, 6.45) is 4.22. The molecule has 0 radical (unpaired) electrons. The van der Waals surface area contributed by atoms with Gasteiger partial charge in [0.15, 0.2) is 0 Å². The van der Waals surface area contributed by atoms with E-state index >= 15 is 0 Å². The van der Waals surface area contributed by atoms with Crippen LogP contribution in [0.3, 0.4) is 0 Å². The molecule has 3 aromatic rings. The predicted molar refractivity (Wildman–Crippen MR) is 150 cm³/mol. The third-order valence-corrected chi connectivity index (χ3v) is 9.20. The van der Waals surface area contributed by atoms with Crippen LogP contribution in [0.25, 0.3) is 0 Å². The molecular formula is C32H36N2O2S. The molecule has 5 heteroatoms. The zero-order valence-corrected chi connectivity index (χ0v) is 22.6. The van der Waals surface area contributed by atoms with E-state index in [1.807, 2.05) is 17.8 Å². The average molecular weight is 513 g/mol. The Bertz CT molecular complexity index is 1220. The second-order valence-corrected chi connectivity index (χ2v) is 12.6. The van der Waals surface area contributed by atoms with Crippen molar-refractivity contribution < 1.29 is 9.53 Å². The second-order valence-electron chi connectivity index (χ2n) is 11.0.